The molecule has 2 fully saturated rings. The van der Waals surface area contributed by atoms with Crippen molar-refractivity contribution in [3.63, 3.8) is 0 Å². The van der Waals surface area contributed by atoms with Crippen molar-refractivity contribution in [2.45, 2.75) is 76.0 Å². The first-order chi connectivity index (χ1) is 23.9. The number of benzene rings is 2. The van der Waals surface area contributed by atoms with E-state index in [0.717, 1.165) is 42.0 Å². The van der Waals surface area contributed by atoms with Gasteiger partial charge in [-0.2, -0.15) is 5.10 Å². The second-order valence-electron chi connectivity index (χ2n) is 13.4. The lowest BCUT2D eigenvalue weighted by molar-refractivity contribution is -0.140. The fourth-order valence-electron chi connectivity index (χ4n) is 7.23. The Morgan fingerprint density at radius 3 is 2.51 bits per heavy atom. The summed E-state index contributed by atoms with van der Waals surface area (Å²) in [4.78, 5) is 51.0. The van der Waals surface area contributed by atoms with E-state index in [4.69, 9.17) is 4.74 Å². The number of ether oxygens (including phenoxy) is 1. The van der Waals surface area contributed by atoms with Gasteiger partial charge < -0.3 is 30.4 Å². The molecule has 12 heteroatoms. The van der Waals surface area contributed by atoms with Crippen LogP contribution in [0.5, 0.6) is 0 Å². The second-order valence-corrected chi connectivity index (χ2v) is 13.4. The highest BCUT2D eigenvalue weighted by Gasteiger charge is 2.34. The highest BCUT2D eigenvalue weighted by Crippen LogP contribution is 2.31. The van der Waals surface area contributed by atoms with Gasteiger partial charge in [0, 0.05) is 38.3 Å². The predicted molar refractivity (Wildman–Crippen MR) is 184 cm³/mol. The molecule has 4 atom stereocenters. The Morgan fingerprint density at radius 1 is 0.959 bits per heavy atom. The van der Waals surface area contributed by atoms with Crippen molar-refractivity contribution in [2.24, 2.45) is 11.8 Å². The molecular weight excluding hydrogens is 622 g/mol. The fourth-order valence-corrected chi connectivity index (χ4v) is 7.23. The van der Waals surface area contributed by atoms with E-state index in [1.807, 2.05) is 42.5 Å². The molecule has 6 rings (SSSR count). The Balaban J connectivity index is 1.24. The van der Waals surface area contributed by atoms with Crippen molar-refractivity contribution in [3.05, 3.63) is 84.2 Å². The summed E-state index contributed by atoms with van der Waals surface area (Å²) < 4.78 is 5.45. The van der Waals surface area contributed by atoms with Crippen LogP contribution in [-0.4, -0.2) is 86.3 Å². The number of imidazole rings is 1. The largest absolute Gasteiger partial charge is 0.385 e. The maximum Gasteiger partial charge on any atom is 0.243 e. The van der Waals surface area contributed by atoms with E-state index < -0.39 is 30.0 Å². The van der Waals surface area contributed by atoms with Gasteiger partial charge in [0.25, 0.3) is 0 Å². The molecule has 0 spiro atoms. The lowest BCUT2D eigenvalue weighted by atomic mass is 9.83. The lowest BCUT2D eigenvalue weighted by Gasteiger charge is -2.31. The van der Waals surface area contributed by atoms with Gasteiger partial charge in [0.15, 0.2) is 0 Å². The minimum absolute atomic E-state index is 0.00598. The van der Waals surface area contributed by atoms with E-state index in [2.05, 4.69) is 30.8 Å². The van der Waals surface area contributed by atoms with E-state index in [0.29, 0.717) is 56.5 Å². The van der Waals surface area contributed by atoms with Crippen LogP contribution in [-0.2, 0) is 32.0 Å². The molecule has 2 aromatic carbocycles. The summed E-state index contributed by atoms with van der Waals surface area (Å²) in [6.07, 6.45) is 10.4. The molecule has 0 unspecified atom stereocenters. The highest BCUT2D eigenvalue weighted by molar-refractivity contribution is 5.92. The number of morpholine rings is 1. The quantitative estimate of drug-likeness (QED) is 0.137. The minimum Gasteiger partial charge on any atom is -0.385 e. The lowest BCUT2D eigenvalue weighted by Crippen LogP contribution is -2.54. The van der Waals surface area contributed by atoms with Crippen molar-refractivity contribution in [1.29, 1.82) is 0 Å². The number of aliphatic hydroxyl groups excluding tert-OH is 1. The van der Waals surface area contributed by atoms with Crippen molar-refractivity contribution < 1.29 is 24.2 Å². The van der Waals surface area contributed by atoms with Crippen LogP contribution in [0.25, 0.3) is 10.8 Å². The zero-order valence-corrected chi connectivity index (χ0v) is 27.9. The molecular formula is C37H47N7O5. The molecule has 260 valence electrons. The molecule has 0 radical (unpaired) electrons. The number of H-pyrrole nitrogens is 2. The Labute approximate surface area is 286 Å². The number of nitrogens with one attached hydrogen (secondary N) is 4. The maximum atomic E-state index is 14.3. The van der Waals surface area contributed by atoms with Crippen molar-refractivity contribution in [3.8, 4) is 0 Å². The number of carbonyl (C=O) groups is 3. The van der Waals surface area contributed by atoms with Gasteiger partial charge in [-0.3, -0.25) is 19.5 Å². The summed E-state index contributed by atoms with van der Waals surface area (Å²) in [5.41, 5.74) is 2.01. The number of aromatic amines is 2. The van der Waals surface area contributed by atoms with Gasteiger partial charge in [-0.25, -0.2) is 4.98 Å². The summed E-state index contributed by atoms with van der Waals surface area (Å²) in [6, 6.07) is 14.1. The van der Waals surface area contributed by atoms with E-state index in [1.165, 1.54) is 12.7 Å². The highest BCUT2D eigenvalue weighted by atomic mass is 16.5. The third kappa shape index (κ3) is 9.12. The Kier molecular flexibility index (Phi) is 11.7. The summed E-state index contributed by atoms with van der Waals surface area (Å²) in [5, 5.41) is 26.5. The number of amides is 3. The second kappa shape index (κ2) is 16.7. The van der Waals surface area contributed by atoms with E-state index in [9.17, 15) is 19.5 Å². The molecule has 2 aliphatic rings. The average Bonchev–Trinajstić information content (AvgIpc) is 3.87. The number of aromatic nitrogens is 4. The van der Waals surface area contributed by atoms with Crippen LogP contribution in [0, 0.1) is 11.8 Å². The molecule has 0 bridgehead atoms. The van der Waals surface area contributed by atoms with Crippen LogP contribution < -0.4 is 10.6 Å². The number of aliphatic hydroxyl groups is 1. The number of rotatable bonds is 14. The number of hydrogen-bond acceptors (Lipinski definition) is 7. The Bertz CT molecular complexity index is 1640. The van der Waals surface area contributed by atoms with E-state index in [-0.39, 0.29) is 24.7 Å². The monoisotopic (exact) mass is 669 g/mol. The van der Waals surface area contributed by atoms with Crippen LogP contribution in [0.3, 0.4) is 0 Å². The fraction of sp³-hybridized carbons (Fsp3) is 0.486. The summed E-state index contributed by atoms with van der Waals surface area (Å²) in [6.45, 7) is 1.88. The zero-order chi connectivity index (χ0) is 34.0. The first-order valence-corrected chi connectivity index (χ1v) is 17.5. The van der Waals surface area contributed by atoms with Crippen LogP contribution >= 0.6 is 0 Å². The van der Waals surface area contributed by atoms with Crippen LogP contribution in [0.2, 0.25) is 0 Å². The summed E-state index contributed by atoms with van der Waals surface area (Å²) in [5.74, 6) is -1.30. The zero-order valence-electron chi connectivity index (χ0n) is 27.9. The maximum absolute atomic E-state index is 14.3. The molecule has 12 nitrogen and oxygen atoms in total. The summed E-state index contributed by atoms with van der Waals surface area (Å²) in [7, 11) is 0. The van der Waals surface area contributed by atoms with Crippen molar-refractivity contribution in [2.75, 3.05) is 26.3 Å². The Morgan fingerprint density at radius 2 is 1.76 bits per heavy atom. The molecule has 3 amide bonds. The molecule has 1 saturated heterocycles. The Hall–Kier alpha value is -4.55. The molecule has 1 aliphatic heterocycles. The normalized spacial score (nSPS) is 18.0. The SMILES string of the molecule is O=C(N[C@@H](Cc1c[nH]cn1)C(=O)N[C@@H](CC1CCCCC1)[C@@H](O)c1cc[nH]n1)[C@@H](CC(=O)N1CCOCC1)Cc1cccc2ccccc12. The van der Waals surface area contributed by atoms with Gasteiger partial charge in [0.05, 0.1) is 42.9 Å². The standard InChI is InChI=1S/C37H47N7O5/c45-34(44-15-17-49-18-16-44)21-28(20-27-11-6-10-26-9-4-5-12-30(26)27)36(47)42-33(22-29-23-38-24-39-29)37(48)41-32(19-25-7-2-1-3-8-25)35(46)31-13-14-40-43-31/h4-6,9-14,23-25,28,32-33,35,46H,1-3,7-8,15-22H2,(H,38,39)(H,40,43)(H,41,48)(H,42,47)/t28-,32+,33+,35+/m1/s1. The van der Waals surface area contributed by atoms with E-state index >= 15 is 0 Å². The van der Waals surface area contributed by atoms with E-state index in [1.54, 1.807) is 23.4 Å². The molecule has 4 aromatic rings. The molecule has 3 heterocycles. The molecule has 49 heavy (non-hydrogen) atoms. The number of nitrogens with zero attached hydrogens (tertiary/aromatic N) is 3. The average molecular weight is 670 g/mol. The van der Waals surface area contributed by atoms with Crippen LogP contribution in [0.4, 0.5) is 0 Å². The molecule has 2 aromatic heterocycles. The third-order valence-corrected chi connectivity index (χ3v) is 9.95. The number of carbonyl (C=O) groups excluding carboxylic acids is 3. The minimum atomic E-state index is -1.02. The number of fused-ring (bicyclic) bond motifs is 1. The van der Waals surface area contributed by atoms with Gasteiger partial charge in [0.2, 0.25) is 17.7 Å². The van der Waals surface area contributed by atoms with Gasteiger partial charge >= 0.3 is 0 Å². The van der Waals surface area contributed by atoms with Crippen molar-refractivity contribution >= 4 is 28.5 Å². The van der Waals surface area contributed by atoms with Crippen molar-refractivity contribution in [1.82, 2.24) is 35.7 Å². The van der Waals surface area contributed by atoms with Gasteiger partial charge in [-0.15, -0.1) is 0 Å². The molecule has 5 N–H and O–H groups in total. The first kappa shape index (κ1) is 34.3. The topological polar surface area (TPSA) is 165 Å². The molecule has 1 aliphatic carbocycles. The van der Waals surface area contributed by atoms with Crippen LogP contribution in [0.15, 0.2) is 67.3 Å². The first-order valence-electron chi connectivity index (χ1n) is 17.5. The third-order valence-electron chi connectivity index (χ3n) is 9.95. The predicted octanol–water partition coefficient (Wildman–Crippen LogP) is 3.61. The van der Waals surface area contributed by atoms with Gasteiger partial charge in [-0.05, 0) is 41.2 Å². The smallest absolute Gasteiger partial charge is 0.243 e. The van der Waals surface area contributed by atoms with Crippen LogP contribution in [0.1, 0.15) is 68.0 Å². The summed E-state index contributed by atoms with van der Waals surface area (Å²) >= 11 is 0. The van der Waals surface area contributed by atoms with Gasteiger partial charge in [0.1, 0.15) is 12.1 Å². The number of hydrogen-bond donors (Lipinski definition) is 5. The molecule has 1 saturated carbocycles. The van der Waals surface area contributed by atoms with Gasteiger partial charge in [-0.1, -0.05) is 74.6 Å².